The number of rotatable bonds is 4. The molecule has 0 saturated carbocycles. The molecule has 0 saturated heterocycles. The van der Waals surface area contributed by atoms with E-state index in [1.807, 2.05) is 42.2 Å². The van der Waals surface area contributed by atoms with Crippen molar-refractivity contribution in [1.29, 1.82) is 0 Å². The van der Waals surface area contributed by atoms with Gasteiger partial charge in [-0.25, -0.2) is 0 Å². The number of nitrogens with zero attached hydrogens (tertiary/aromatic N) is 1. The molecule has 2 N–H and O–H groups in total. The van der Waals surface area contributed by atoms with Crippen molar-refractivity contribution in [2.45, 2.75) is 19.4 Å². The number of hydrogen-bond acceptors (Lipinski definition) is 2. The first-order valence-electron chi connectivity index (χ1n) is 6.34. The van der Waals surface area contributed by atoms with Crippen LogP contribution < -0.4 is 5.32 Å². The minimum Gasteiger partial charge on any atom is -0.481 e. The standard InChI is InChI=1S/C14H18N2O3/c1-16-7-6-10(9-16)8-15-13(17)11-4-2-3-5-12(11)14(18)19/h2-3,6-7,9,11-12H,4-5,8H2,1H3,(H,15,17)(H,18,19). The smallest absolute Gasteiger partial charge is 0.307 e. The Kier molecular flexibility index (Phi) is 4.04. The zero-order valence-corrected chi connectivity index (χ0v) is 10.9. The van der Waals surface area contributed by atoms with E-state index in [0.717, 1.165) is 5.56 Å². The van der Waals surface area contributed by atoms with Crippen molar-refractivity contribution in [2.24, 2.45) is 18.9 Å². The number of aromatic nitrogens is 1. The van der Waals surface area contributed by atoms with Crippen molar-refractivity contribution >= 4 is 11.9 Å². The number of amides is 1. The fourth-order valence-electron chi connectivity index (χ4n) is 2.36. The molecule has 2 unspecified atom stereocenters. The van der Waals surface area contributed by atoms with Gasteiger partial charge in [-0.2, -0.15) is 0 Å². The molecule has 5 nitrogen and oxygen atoms in total. The number of carbonyl (C=O) groups excluding carboxylic acids is 1. The molecular formula is C14H18N2O3. The molecule has 0 aliphatic heterocycles. The van der Waals surface area contributed by atoms with Gasteiger partial charge in [0, 0.05) is 26.0 Å². The Balaban J connectivity index is 1.95. The molecule has 19 heavy (non-hydrogen) atoms. The van der Waals surface area contributed by atoms with Gasteiger partial charge in [0.1, 0.15) is 0 Å². The average Bonchev–Trinajstić information content (AvgIpc) is 2.81. The fraction of sp³-hybridized carbons (Fsp3) is 0.429. The molecule has 1 heterocycles. The average molecular weight is 262 g/mol. The van der Waals surface area contributed by atoms with E-state index in [4.69, 9.17) is 5.11 Å². The predicted octanol–water partition coefficient (Wildman–Crippen LogP) is 1.31. The van der Waals surface area contributed by atoms with Crippen molar-refractivity contribution in [3.05, 3.63) is 36.2 Å². The maximum Gasteiger partial charge on any atom is 0.307 e. The molecule has 0 radical (unpaired) electrons. The normalized spacial score (nSPS) is 22.2. The number of hydrogen-bond donors (Lipinski definition) is 2. The Morgan fingerprint density at radius 2 is 2.05 bits per heavy atom. The van der Waals surface area contributed by atoms with Crippen molar-refractivity contribution < 1.29 is 14.7 Å². The van der Waals surface area contributed by atoms with Crippen molar-refractivity contribution in [3.8, 4) is 0 Å². The summed E-state index contributed by atoms with van der Waals surface area (Å²) in [6, 6.07) is 1.93. The van der Waals surface area contributed by atoms with Crippen LogP contribution in [0.25, 0.3) is 0 Å². The molecule has 1 aromatic heterocycles. The van der Waals surface area contributed by atoms with Crippen LogP contribution in [0, 0.1) is 11.8 Å². The second kappa shape index (κ2) is 5.73. The number of aliphatic carboxylic acids is 1. The van der Waals surface area contributed by atoms with Gasteiger partial charge in [0.05, 0.1) is 11.8 Å². The first-order valence-corrected chi connectivity index (χ1v) is 6.34. The number of carboxylic acids is 1. The molecule has 1 amide bonds. The second-order valence-corrected chi connectivity index (χ2v) is 4.90. The molecule has 2 rings (SSSR count). The van der Waals surface area contributed by atoms with Crippen LogP contribution in [0.15, 0.2) is 30.6 Å². The first-order chi connectivity index (χ1) is 9.08. The monoisotopic (exact) mass is 262 g/mol. The van der Waals surface area contributed by atoms with E-state index in [1.54, 1.807) is 0 Å². The van der Waals surface area contributed by atoms with Gasteiger partial charge in [0.25, 0.3) is 0 Å². The van der Waals surface area contributed by atoms with Gasteiger partial charge in [0.2, 0.25) is 5.91 Å². The van der Waals surface area contributed by atoms with Gasteiger partial charge >= 0.3 is 5.97 Å². The Morgan fingerprint density at radius 1 is 1.37 bits per heavy atom. The maximum absolute atomic E-state index is 12.1. The van der Waals surface area contributed by atoms with Gasteiger partial charge in [0.15, 0.2) is 0 Å². The number of allylic oxidation sites excluding steroid dienone is 2. The lowest BCUT2D eigenvalue weighted by atomic mass is 9.82. The van der Waals surface area contributed by atoms with E-state index in [9.17, 15) is 9.59 Å². The van der Waals surface area contributed by atoms with Gasteiger partial charge in [-0.05, 0) is 24.5 Å². The Hall–Kier alpha value is -2.04. The molecule has 0 spiro atoms. The molecular weight excluding hydrogens is 244 g/mol. The van der Waals surface area contributed by atoms with E-state index in [0.29, 0.717) is 19.4 Å². The van der Waals surface area contributed by atoms with Crippen LogP contribution in [0.4, 0.5) is 0 Å². The summed E-state index contributed by atoms with van der Waals surface area (Å²) in [5, 5.41) is 11.9. The SMILES string of the molecule is Cn1ccc(CNC(=O)C2CC=CCC2C(=O)O)c1. The van der Waals surface area contributed by atoms with Crippen LogP contribution in [0.5, 0.6) is 0 Å². The first kappa shape index (κ1) is 13.4. The minimum absolute atomic E-state index is 0.180. The van der Waals surface area contributed by atoms with Crippen LogP contribution in [-0.2, 0) is 23.2 Å². The van der Waals surface area contributed by atoms with Crippen LogP contribution >= 0.6 is 0 Å². The highest BCUT2D eigenvalue weighted by atomic mass is 16.4. The summed E-state index contributed by atoms with van der Waals surface area (Å²) >= 11 is 0. The van der Waals surface area contributed by atoms with Gasteiger partial charge < -0.3 is 15.0 Å². The molecule has 1 aliphatic carbocycles. The quantitative estimate of drug-likeness (QED) is 0.804. The van der Waals surface area contributed by atoms with Crippen LogP contribution in [0.1, 0.15) is 18.4 Å². The van der Waals surface area contributed by atoms with Crippen molar-refractivity contribution in [1.82, 2.24) is 9.88 Å². The number of nitrogens with one attached hydrogen (secondary N) is 1. The van der Waals surface area contributed by atoms with E-state index in [2.05, 4.69) is 5.32 Å². The minimum atomic E-state index is -0.899. The Labute approximate surface area is 111 Å². The lowest BCUT2D eigenvalue weighted by Crippen LogP contribution is -2.38. The number of carboxylic acid groups (broad SMARTS) is 1. The lowest BCUT2D eigenvalue weighted by molar-refractivity contribution is -0.147. The zero-order valence-electron chi connectivity index (χ0n) is 10.9. The summed E-state index contributed by atoms with van der Waals surface area (Å²) in [6.07, 6.45) is 8.48. The molecule has 1 aliphatic rings. The van der Waals surface area contributed by atoms with Crippen molar-refractivity contribution in [2.75, 3.05) is 0 Å². The predicted molar refractivity (Wildman–Crippen MR) is 70.2 cm³/mol. The molecule has 0 aromatic carbocycles. The highest BCUT2D eigenvalue weighted by Crippen LogP contribution is 2.26. The molecule has 5 heteroatoms. The fourth-order valence-corrected chi connectivity index (χ4v) is 2.36. The number of aryl methyl sites for hydroxylation is 1. The highest BCUT2D eigenvalue weighted by Gasteiger charge is 2.33. The van der Waals surface area contributed by atoms with E-state index >= 15 is 0 Å². The third-order valence-corrected chi connectivity index (χ3v) is 3.45. The molecule has 2 atom stereocenters. The summed E-state index contributed by atoms with van der Waals surface area (Å²) in [5.41, 5.74) is 1.01. The summed E-state index contributed by atoms with van der Waals surface area (Å²) in [6.45, 7) is 0.437. The summed E-state index contributed by atoms with van der Waals surface area (Å²) in [5.74, 6) is -2.16. The summed E-state index contributed by atoms with van der Waals surface area (Å²) < 4.78 is 1.91. The molecule has 0 bridgehead atoms. The third kappa shape index (κ3) is 3.24. The van der Waals surface area contributed by atoms with E-state index < -0.39 is 17.8 Å². The molecule has 0 fully saturated rings. The topological polar surface area (TPSA) is 71.3 Å². The summed E-state index contributed by atoms with van der Waals surface area (Å²) in [7, 11) is 1.91. The van der Waals surface area contributed by atoms with E-state index in [1.165, 1.54) is 0 Å². The van der Waals surface area contributed by atoms with Gasteiger partial charge in [-0.1, -0.05) is 12.2 Å². The van der Waals surface area contributed by atoms with Gasteiger partial charge in [-0.15, -0.1) is 0 Å². The molecule has 102 valence electrons. The van der Waals surface area contributed by atoms with Crippen LogP contribution in [-0.4, -0.2) is 21.6 Å². The Bertz CT molecular complexity index is 505. The Morgan fingerprint density at radius 3 is 2.63 bits per heavy atom. The number of carbonyl (C=O) groups is 2. The van der Waals surface area contributed by atoms with E-state index in [-0.39, 0.29) is 5.91 Å². The van der Waals surface area contributed by atoms with Gasteiger partial charge in [-0.3, -0.25) is 9.59 Å². The second-order valence-electron chi connectivity index (χ2n) is 4.90. The molecule has 1 aromatic rings. The maximum atomic E-state index is 12.1. The highest BCUT2D eigenvalue weighted by molar-refractivity contribution is 5.85. The lowest BCUT2D eigenvalue weighted by Gasteiger charge is -2.24. The van der Waals surface area contributed by atoms with Crippen LogP contribution in [0.2, 0.25) is 0 Å². The van der Waals surface area contributed by atoms with Crippen molar-refractivity contribution in [3.63, 3.8) is 0 Å². The third-order valence-electron chi connectivity index (χ3n) is 3.45. The largest absolute Gasteiger partial charge is 0.481 e. The zero-order chi connectivity index (χ0) is 13.8. The van der Waals surface area contributed by atoms with Crippen LogP contribution in [0.3, 0.4) is 0 Å². The summed E-state index contributed by atoms with van der Waals surface area (Å²) in [4.78, 5) is 23.2.